The van der Waals surface area contributed by atoms with Crippen LogP contribution in [-0.4, -0.2) is 18.5 Å². The molecule has 6 heteroatoms. The summed E-state index contributed by atoms with van der Waals surface area (Å²) in [6.07, 6.45) is 1.03. The molecule has 4 aromatic carbocycles. The van der Waals surface area contributed by atoms with Gasteiger partial charge >= 0.3 is 11.9 Å². The lowest BCUT2D eigenvalue weighted by Crippen LogP contribution is -2.41. The molecule has 0 aromatic heterocycles. The summed E-state index contributed by atoms with van der Waals surface area (Å²) >= 11 is 0. The minimum absolute atomic E-state index is 0.0378. The van der Waals surface area contributed by atoms with Gasteiger partial charge in [-0.2, -0.15) is 0 Å². The van der Waals surface area contributed by atoms with Crippen molar-refractivity contribution in [1.82, 2.24) is 0 Å². The molecule has 0 N–H and O–H groups in total. The van der Waals surface area contributed by atoms with E-state index in [0.29, 0.717) is 29.9 Å². The molecular formula is C33H32O6. The Morgan fingerprint density at radius 1 is 0.641 bits per heavy atom. The van der Waals surface area contributed by atoms with E-state index in [1.807, 2.05) is 97.9 Å². The number of hydrogen-bond acceptors (Lipinski definition) is 6. The number of esters is 2. The maximum absolute atomic E-state index is 13.8. The first-order valence-electron chi connectivity index (χ1n) is 13.1. The first kappa shape index (κ1) is 27.5. The van der Waals surface area contributed by atoms with Gasteiger partial charge in [0.2, 0.25) is 0 Å². The van der Waals surface area contributed by atoms with E-state index in [2.05, 4.69) is 0 Å². The van der Waals surface area contributed by atoms with Gasteiger partial charge in [0.15, 0.2) is 0 Å². The summed E-state index contributed by atoms with van der Waals surface area (Å²) in [6.45, 7) is 3.91. The zero-order chi connectivity index (χ0) is 27.5. The van der Waals surface area contributed by atoms with Crippen LogP contribution in [0.15, 0.2) is 109 Å². The normalized spacial score (nSPS) is 10.9. The van der Waals surface area contributed by atoms with Crippen LogP contribution in [0.5, 0.6) is 11.5 Å². The third-order valence-electron chi connectivity index (χ3n) is 6.02. The van der Waals surface area contributed by atoms with Crippen LogP contribution in [0.25, 0.3) is 0 Å². The smallest absolute Gasteiger partial charge is 0.339 e. The van der Waals surface area contributed by atoms with Crippen LogP contribution < -0.4 is 9.47 Å². The Morgan fingerprint density at radius 2 is 1.21 bits per heavy atom. The van der Waals surface area contributed by atoms with Gasteiger partial charge in [-0.1, -0.05) is 85.8 Å². The number of para-hydroxylation sites is 2. The van der Waals surface area contributed by atoms with Gasteiger partial charge in [-0.3, -0.25) is 0 Å². The van der Waals surface area contributed by atoms with Gasteiger partial charge in [0, 0.05) is 6.42 Å². The molecule has 0 unspecified atom stereocenters. The zero-order valence-corrected chi connectivity index (χ0v) is 22.2. The topological polar surface area (TPSA) is 71.1 Å². The monoisotopic (exact) mass is 524 g/mol. The van der Waals surface area contributed by atoms with Crippen molar-refractivity contribution in [3.63, 3.8) is 0 Å². The molecule has 6 nitrogen and oxygen atoms in total. The molecule has 4 rings (SSSR count). The second kappa shape index (κ2) is 13.3. The molecule has 0 aliphatic rings. The van der Waals surface area contributed by atoms with Crippen molar-refractivity contribution in [1.29, 1.82) is 0 Å². The van der Waals surface area contributed by atoms with Crippen molar-refractivity contribution in [2.45, 2.75) is 39.1 Å². The number of carbonyl (C=O) groups is 2. The van der Waals surface area contributed by atoms with Crippen LogP contribution in [0.1, 0.15) is 58.5 Å². The highest BCUT2D eigenvalue weighted by molar-refractivity contribution is 6.04. The second-order valence-corrected chi connectivity index (χ2v) is 8.84. The number of ether oxygens (including phenoxy) is 4. The van der Waals surface area contributed by atoms with Crippen LogP contribution >= 0.6 is 0 Å². The third-order valence-corrected chi connectivity index (χ3v) is 6.02. The van der Waals surface area contributed by atoms with Gasteiger partial charge in [-0.15, -0.1) is 0 Å². The van der Waals surface area contributed by atoms with E-state index in [9.17, 15) is 9.59 Å². The Bertz CT molecular complexity index is 1310. The van der Waals surface area contributed by atoms with E-state index in [-0.39, 0.29) is 24.3 Å². The Morgan fingerprint density at radius 3 is 1.74 bits per heavy atom. The van der Waals surface area contributed by atoms with E-state index in [0.717, 1.165) is 5.56 Å². The van der Waals surface area contributed by atoms with Gasteiger partial charge in [0.05, 0.1) is 23.3 Å². The first-order chi connectivity index (χ1) is 19.1. The lowest BCUT2D eigenvalue weighted by molar-refractivity contribution is -0.129. The molecular weight excluding hydrogens is 492 g/mol. The fraction of sp³-hybridized carbons (Fsp3) is 0.212. The maximum Gasteiger partial charge on any atom is 0.339 e. The molecule has 0 aliphatic carbocycles. The molecule has 0 heterocycles. The van der Waals surface area contributed by atoms with Gasteiger partial charge in [0.1, 0.15) is 18.1 Å². The molecule has 39 heavy (non-hydrogen) atoms. The van der Waals surface area contributed by atoms with Crippen LogP contribution in [-0.2, 0) is 21.9 Å². The molecule has 200 valence electrons. The van der Waals surface area contributed by atoms with Crippen molar-refractivity contribution < 1.29 is 28.5 Å². The van der Waals surface area contributed by atoms with E-state index in [1.54, 1.807) is 25.1 Å². The minimum atomic E-state index is -1.46. The van der Waals surface area contributed by atoms with E-state index < -0.39 is 17.7 Å². The first-order valence-corrected chi connectivity index (χ1v) is 13.1. The van der Waals surface area contributed by atoms with E-state index in [1.165, 1.54) is 0 Å². The van der Waals surface area contributed by atoms with Crippen molar-refractivity contribution in [3.8, 4) is 11.5 Å². The molecule has 0 aliphatic heterocycles. The van der Waals surface area contributed by atoms with Crippen molar-refractivity contribution in [3.05, 3.63) is 131 Å². The standard InChI is InChI=1S/C33H32O6/c1-3-23-33(38-26-17-10-6-11-18-26,39-27-19-12-7-13-20-27)29-22-14-21-28(31(34)36-4-2)30(29)32(35)37-24-25-15-8-5-9-16-25/h5-22H,3-4,23-24H2,1-2H3. The molecule has 0 fully saturated rings. The van der Waals surface area contributed by atoms with Crippen LogP contribution in [0.3, 0.4) is 0 Å². The Balaban J connectivity index is 1.88. The van der Waals surface area contributed by atoms with Crippen molar-refractivity contribution >= 4 is 11.9 Å². The predicted octanol–water partition coefficient (Wildman–Crippen LogP) is 7.33. The third kappa shape index (κ3) is 6.85. The van der Waals surface area contributed by atoms with Crippen LogP contribution in [0.2, 0.25) is 0 Å². The summed E-state index contributed by atoms with van der Waals surface area (Å²) in [4.78, 5) is 26.9. The summed E-state index contributed by atoms with van der Waals surface area (Å²) in [7, 11) is 0. The zero-order valence-electron chi connectivity index (χ0n) is 22.2. The molecule has 0 saturated heterocycles. The molecule has 0 saturated carbocycles. The lowest BCUT2D eigenvalue weighted by Gasteiger charge is -2.36. The van der Waals surface area contributed by atoms with Crippen molar-refractivity contribution in [2.75, 3.05) is 6.61 Å². The number of carbonyl (C=O) groups excluding carboxylic acids is 2. The molecule has 0 spiro atoms. The van der Waals surface area contributed by atoms with E-state index >= 15 is 0 Å². The number of rotatable bonds is 12. The largest absolute Gasteiger partial charge is 0.462 e. The van der Waals surface area contributed by atoms with Gasteiger partial charge in [0.25, 0.3) is 5.79 Å². The predicted molar refractivity (Wildman–Crippen MR) is 149 cm³/mol. The molecule has 0 radical (unpaired) electrons. The highest BCUT2D eigenvalue weighted by atomic mass is 16.7. The minimum Gasteiger partial charge on any atom is -0.462 e. The highest BCUT2D eigenvalue weighted by Gasteiger charge is 2.42. The summed E-state index contributed by atoms with van der Waals surface area (Å²) in [6, 6.07) is 32.9. The molecule has 0 bridgehead atoms. The van der Waals surface area contributed by atoms with Gasteiger partial charge in [-0.25, -0.2) is 9.59 Å². The summed E-state index contributed by atoms with van der Waals surface area (Å²) in [5.41, 5.74) is 1.33. The average Bonchev–Trinajstić information content (AvgIpc) is 2.97. The Labute approximate surface area is 229 Å². The van der Waals surface area contributed by atoms with Crippen LogP contribution in [0, 0.1) is 0 Å². The SMILES string of the molecule is CCCC(Oc1ccccc1)(Oc1ccccc1)c1cccc(C(=O)OCC)c1C(=O)OCc1ccccc1. The number of hydrogen-bond donors (Lipinski definition) is 0. The summed E-state index contributed by atoms with van der Waals surface area (Å²) in [5, 5.41) is 0. The Kier molecular flexibility index (Phi) is 9.35. The van der Waals surface area contributed by atoms with Crippen molar-refractivity contribution in [2.24, 2.45) is 0 Å². The lowest BCUT2D eigenvalue weighted by atomic mass is 9.91. The molecule has 4 aromatic rings. The fourth-order valence-electron chi connectivity index (χ4n) is 4.32. The maximum atomic E-state index is 13.8. The quantitative estimate of drug-likeness (QED) is 0.143. The fourth-order valence-corrected chi connectivity index (χ4v) is 4.32. The Hall–Kier alpha value is -4.58. The highest BCUT2D eigenvalue weighted by Crippen LogP contribution is 2.38. The van der Waals surface area contributed by atoms with Gasteiger partial charge in [-0.05, 0) is 49.2 Å². The number of benzene rings is 4. The second-order valence-electron chi connectivity index (χ2n) is 8.84. The van der Waals surface area contributed by atoms with Crippen LogP contribution in [0.4, 0.5) is 0 Å². The van der Waals surface area contributed by atoms with E-state index in [4.69, 9.17) is 18.9 Å². The molecule has 0 amide bonds. The summed E-state index contributed by atoms with van der Waals surface area (Å²) in [5.74, 6) is -1.66. The van der Waals surface area contributed by atoms with Gasteiger partial charge < -0.3 is 18.9 Å². The average molecular weight is 525 g/mol. The molecule has 0 atom stereocenters. The summed E-state index contributed by atoms with van der Waals surface area (Å²) < 4.78 is 24.3.